The van der Waals surface area contributed by atoms with Crippen LogP contribution in [0.15, 0.2) is 35.9 Å². The van der Waals surface area contributed by atoms with E-state index < -0.39 is 5.97 Å². The van der Waals surface area contributed by atoms with Crippen molar-refractivity contribution in [3.05, 3.63) is 35.9 Å². The molecule has 0 aliphatic heterocycles. The number of rotatable bonds is 5. The second-order valence-corrected chi connectivity index (χ2v) is 3.89. The van der Waals surface area contributed by atoms with Crippen molar-refractivity contribution >= 4 is 11.7 Å². The minimum atomic E-state index is -0.915. The lowest BCUT2D eigenvalue weighted by Gasteiger charge is -2.20. The molecule has 17 heavy (non-hydrogen) atoms. The lowest BCUT2D eigenvalue weighted by atomic mass is 10.2. The van der Waals surface area contributed by atoms with Crippen molar-refractivity contribution < 1.29 is 14.6 Å². The number of hydrogen-bond acceptors (Lipinski definition) is 3. The van der Waals surface area contributed by atoms with Crippen LogP contribution in [0.4, 0.5) is 5.69 Å². The van der Waals surface area contributed by atoms with E-state index in [-0.39, 0.29) is 0 Å². The fraction of sp³-hybridized carbons (Fsp3) is 0.308. The summed E-state index contributed by atoms with van der Waals surface area (Å²) in [5, 5.41) is 8.63. The van der Waals surface area contributed by atoms with E-state index in [9.17, 15) is 4.79 Å². The molecule has 1 N–H and O–H groups in total. The zero-order valence-corrected chi connectivity index (χ0v) is 10.3. The summed E-state index contributed by atoms with van der Waals surface area (Å²) < 4.78 is 5.14. The third-order valence-corrected chi connectivity index (χ3v) is 2.35. The van der Waals surface area contributed by atoms with Gasteiger partial charge in [-0.3, -0.25) is 0 Å². The van der Waals surface area contributed by atoms with Crippen molar-refractivity contribution in [3.8, 4) is 5.75 Å². The van der Waals surface area contributed by atoms with Crippen molar-refractivity contribution in [1.29, 1.82) is 0 Å². The molecule has 0 saturated carbocycles. The van der Waals surface area contributed by atoms with Gasteiger partial charge < -0.3 is 14.7 Å². The number of nitrogens with zero attached hydrogens (tertiary/aromatic N) is 1. The average molecular weight is 235 g/mol. The molecule has 0 saturated heterocycles. The summed E-state index contributed by atoms with van der Waals surface area (Å²) in [5.41, 5.74) is 1.78. The lowest BCUT2D eigenvalue weighted by molar-refractivity contribution is -0.131. The fourth-order valence-electron chi connectivity index (χ4n) is 1.57. The van der Waals surface area contributed by atoms with E-state index in [1.54, 1.807) is 14.0 Å². The summed E-state index contributed by atoms with van der Waals surface area (Å²) in [6.45, 7) is 2.37. The van der Waals surface area contributed by atoms with Crippen LogP contribution in [0.25, 0.3) is 0 Å². The van der Waals surface area contributed by atoms with Gasteiger partial charge in [0.1, 0.15) is 5.75 Å². The van der Waals surface area contributed by atoms with Gasteiger partial charge in [-0.15, -0.1) is 0 Å². The molecule has 0 spiro atoms. The van der Waals surface area contributed by atoms with Gasteiger partial charge in [-0.05, 0) is 24.6 Å². The Bertz CT molecular complexity index is 426. The van der Waals surface area contributed by atoms with E-state index in [4.69, 9.17) is 9.84 Å². The molecule has 0 bridgehead atoms. The molecule has 0 radical (unpaired) electrons. The Morgan fingerprint density at radius 3 is 2.82 bits per heavy atom. The van der Waals surface area contributed by atoms with Crippen molar-refractivity contribution in [2.75, 3.05) is 25.6 Å². The topological polar surface area (TPSA) is 49.8 Å². The van der Waals surface area contributed by atoms with Crippen molar-refractivity contribution in [3.63, 3.8) is 0 Å². The standard InChI is InChI=1S/C13H17NO3/c1-10(7-13(15)16)9-14(2)11-5-4-6-12(8-11)17-3/h4-8H,9H2,1-3H3,(H,15,16). The van der Waals surface area contributed by atoms with Gasteiger partial charge in [0.15, 0.2) is 0 Å². The molecule has 4 nitrogen and oxygen atoms in total. The zero-order valence-electron chi connectivity index (χ0n) is 10.3. The van der Waals surface area contributed by atoms with Gasteiger partial charge in [-0.1, -0.05) is 6.07 Å². The predicted octanol–water partition coefficient (Wildman–Crippen LogP) is 2.16. The van der Waals surface area contributed by atoms with Crippen LogP contribution in [0, 0.1) is 0 Å². The molecule has 0 heterocycles. The van der Waals surface area contributed by atoms with Gasteiger partial charge in [0.25, 0.3) is 0 Å². The van der Waals surface area contributed by atoms with Crippen LogP contribution in [0.5, 0.6) is 5.75 Å². The molecular weight excluding hydrogens is 218 g/mol. The Kier molecular flexibility index (Phi) is 4.57. The summed E-state index contributed by atoms with van der Waals surface area (Å²) in [7, 11) is 3.53. The summed E-state index contributed by atoms with van der Waals surface area (Å²) in [4.78, 5) is 12.5. The molecule has 0 aromatic heterocycles. The highest BCUT2D eigenvalue weighted by Crippen LogP contribution is 2.20. The fourth-order valence-corrected chi connectivity index (χ4v) is 1.57. The summed E-state index contributed by atoms with van der Waals surface area (Å²) >= 11 is 0. The summed E-state index contributed by atoms with van der Waals surface area (Å²) in [6.07, 6.45) is 1.22. The quantitative estimate of drug-likeness (QED) is 0.794. The number of carbonyl (C=O) groups is 1. The minimum Gasteiger partial charge on any atom is -0.497 e. The summed E-state index contributed by atoms with van der Waals surface area (Å²) in [6, 6.07) is 7.64. The van der Waals surface area contributed by atoms with Gasteiger partial charge in [0, 0.05) is 31.4 Å². The first-order valence-electron chi connectivity index (χ1n) is 5.28. The van der Waals surface area contributed by atoms with E-state index in [1.165, 1.54) is 6.08 Å². The normalized spacial score (nSPS) is 11.1. The Morgan fingerprint density at radius 2 is 2.24 bits per heavy atom. The van der Waals surface area contributed by atoms with Crippen LogP contribution in [-0.4, -0.2) is 31.8 Å². The molecule has 4 heteroatoms. The number of likely N-dealkylation sites (N-methyl/N-ethyl adjacent to an activating group) is 1. The third-order valence-electron chi connectivity index (χ3n) is 2.35. The molecule has 0 aliphatic rings. The van der Waals surface area contributed by atoms with Crippen LogP contribution in [0.2, 0.25) is 0 Å². The van der Waals surface area contributed by atoms with Crippen molar-refractivity contribution in [2.24, 2.45) is 0 Å². The number of hydrogen-bond donors (Lipinski definition) is 1. The maximum atomic E-state index is 10.5. The first-order chi connectivity index (χ1) is 8.02. The first-order valence-corrected chi connectivity index (χ1v) is 5.28. The summed E-state index contributed by atoms with van der Waals surface area (Å²) in [5.74, 6) is -0.129. The monoisotopic (exact) mass is 235 g/mol. The van der Waals surface area contributed by atoms with E-state index in [1.807, 2.05) is 36.2 Å². The number of ether oxygens (including phenoxy) is 1. The molecule has 0 atom stereocenters. The Balaban J connectivity index is 2.75. The molecule has 0 unspecified atom stereocenters. The SMILES string of the molecule is COc1cccc(N(C)CC(C)=CC(=O)O)c1. The number of benzene rings is 1. The van der Waals surface area contributed by atoms with Gasteiger partial charge >= 0.3 is 5.97 Å². The molecule has 0 aliphatic carbocycles. The van der Waals surface area contributed by atoms with Crippen LogP contribution in [0.3, 0.4) is 0 Å². The van der Waals surface area contributed by atoms with E-state index in [0.717, 1.165) is 17.0 Å². The Morgan fingerprint density at radius 1 is 1.53 bits per heavy atom. The number of anilines is 1. The van der Waals surface area contributed by atoms with E-state index in [2.05, 4.69) is 0 Å². The van der Waals surface area contributed by atoms with Gasteiger partial charge in [-0.2, -0.15) is 0 Å². The molecule has 92 valence electrons. The number of methoxy groups -OCH3 is 1. The highest BCUT2D eigenvalue weighted by molar-refractivity contribution is 5.80. The molecule has 1 rings (SSSR count). The van der Waals surface area contributed by atoms with Gasteiger partial charge in [-0.25, -0.2) is 4.79 Å². The highest BCUT2D eigenvalue weighted by atomic mass is 16.5. The molecule has 1 aromatic carbocycles. The molecule has 1 aromatic rings. The highest BCUT2D eigenvalue weighted by Gasteiger charge is 2.03. The molecular formula is C13H17NO3. The maximum absolute atomic E-state index is 10.5. The number of aliphatic carboxylic acids is 1. The average Bonchev–Trinajstić information content (AvgIpc) is 2.27. The van der Waals surface area contributed by atoms with Crippen LogP contribution in [0.1, 0.15) is 6.92 Å². The number of carboxylic acid groups (broad SMARTS) is 1. The lowest BCUT2D eigenvalue weighted by Crippen LogP contribution is -2.19. The van der Waals surface area contributed by atoms with Crippen molar-refractivity contribution in [2.45, 2.75) is 6.92 Å². The van der Waals surface area contributed by atoms with E-state index in [0.29, 0.717) is 6.54 Å². The second kappa shape index (κ2) is 5.94. The Labute approximate surface area is 101 Å². The molecule has 0 fully saturated rings. The van der Waals surface area contributed by atoms with E-state index >= 15 is 0 Å². The maximum Gasteiger partial charge on any atom is 0.328 e. The predicted molar refractivity (Wildman–Crippen MR) is 67.7 cm³/mol. The second-order valence-electron chi connectivity index (χ2n) is 3.89. The number of carboxylic acids is 1. The molecule has 0 amide bonds. The first kappa shape index (κ1) is 13.1. The van der Waals surface area contributed by atoms with Gasteiger partial charge in [0.2, 0.25) is 0 Å². The third kappa shape index (κ3) is 4.18. The van der Waals surface area contributed by atoms with Crippen LogP contribution < -0.4 is 9.64 Å². The Hall–Kier alpha value is -1.97. The largest absolute Gasteiger partial charge is 0.497 e. The van der Waals surface area contributed by atoms with Gasteiger partial charge in [0.05, 0.1) is 7.11 Å². The van der Waals surface area contributed by atoms with Crippen LogP contribution in [-0.2, 0) is 4.79 Å². The van der Waals surface area contributed by atoms with Crippen molar-refractivity contribution in [1.82, 2.24) is 0 Å². The zero-order chi connectivity index (χ0) is 12.8. The van der Waals surface area contributed by atoms with Crippen LogP contribution >= 0.6 is 0 Å². The minimum absolute atomic E-state index is 0.569. The smallest absolute Gasteiger partial charge is 0.328 e.